The van der Waals surface area contributed by atoms with Gasteiger partial charge in [0.25, 0.3) is 0 Å². The van der Waals surface area contributed by atoms with Crippen LogP contribution in [-0.2, 0) is 11.3 Å². The molecule has 4 rings (SSSR count). The van der Waals surface area contributed by atoms with Crippen LogP contribution in [0.5, 0.6) is 0 Å². The van der Waals surface area contributed by atoms with Crippen molar-refractivity contribution in [1.29, 1.82) is 0 Å². The van der Waals surface area contributed by atoms with Crippen LogP contribution in [0.15, 0.2) is 35.2 Å². The molecule has 0 unspecified atom stereocenters. The summed E-state index contributed by atoms with van der Waals surface area (Å²) in [5.41, 5.74) is 1.16. The molecular weight excluding hydrogens is 303 g/mol. The summed E-state index contributed by atoms with van der Waals surface area (Å²) in [5.74, 6) is 0. The Labute approximate surface area is 117 Å². The molecule has 1 aromatic carbocycles. The van der Waals surface area contributed by atoms with Gasteiger partial charge in [0.15, 0.2) is 0 Å². The van der Waals surface area contributed by atoms with Gasteiger partial charge >= 0.3 is 117 Å². The molecule has 3 aliphatic heterocycles. The minimum absolute atomic E-state index is 0.707. The molecule has 0 aromatic heterocycles. The van der Waals surface area contributed by atoms with E-state index in [1.165, 1.54) is 0 Å². The van der Waals surface area contributed by atoms with Crippen LogP contribution < -0.4 is 0 Å². The second-order valence-corrected chi connectivity index (χ2v) is 9.78. The Morgan fingerprint density at radius 3 is 2.05 bits per heavy atom. The quantitative estimate of drug-likeness (QED) is 0.774. The van der Waals surface area contributed by atoms with Gasteiger partial charge in [-0.1, -0.05) is 0 Å². The molecule has 0 saturated carbocycles. The van der Waals surface area contributed by atoms with E-state index in [1.807, 2.05) is 18.2 Å². The van der Waals surface area contributed by atoms with Crippen molar-refractivity contribution in [2.45, 2.75) is 0 Å². The van der Waals surface area contributed by atoms with Gasteiger partial charge in [0.2, 0.25) is 0 Å². The average molecular weight is 322 g/mol. The molecule has 5 heteroatoms. The first-order chi connectivity index (χ1) is 9.36. The van der Waals surface area contributed by atoms with Crippen LogP contribution in [0.4, 0.5) is 0 Å². The first-order valence-corrected chi connectivity index (χ1v) is 10.5. The molecule has 3 heterocycles. The van der Waals surface area contributed by atoms with Crippen LogP contribution >= 0.6 is 0 Å². The van der Waals surface area contributed by atoms with Crippen LogP contribution in [0.3, 0.4) is 0 Å². The van der Waals surface area contributed by atoms with Crippen LogP contribution in [0.1, 0.15) is 5.56 Å². The van der Waals surface area contributed by atoms with Gasteiger partial charge in [-0.25, -0.2) is 0 Å². The Balaban J connectivity index is 1.77. The molecule has 0 aliphatic carbocycles. The van der Waals surface area contributed by atoms with Gasteiger partial charge in [0, 0.05) is 0 Å². The van der Waals surface area contributed by atoms with E-state index in [0.717, 1.165) is 25.2 Å². The SMILES string of the molecule is C(=[CH]\[Ge]12[O]CCN(CC[O]1)CC[O]2)/c1ccccc1. The Kier molecular flexibility index (Phi) is 4.35. The number of fused-ring (bicyclic) bond motifs is 6. The van der Waals surface area contributed by atoms with E-state index in [-0.39, 0.29) is 0 Å². The first kappa shape index (κ1) is 13.3. The Hall–Kier alpha value is -0.657. The van der Waals surface area contributed by atoms with E-state index in [9.17, 15) is 0 Å². The molecule has 3 aliphatic rings. The Morgan fingerprint density at radius 1 is 0.895 bits per heavy atom. The molecule has 3 fully saturated rings. The Bertz CT molecular complexity index is 411. The van der Waals surface area contributed by atoms with E-state index < -0.39 is 14.3 Å². The predicted molar refractivity (Wildman–Crippen MR) is 75.5 cm³/mol. The van der Waals surface area contributed by atoms with E-state index in [4.69, 9.17) is 11.3 Å². The first-order valence-electron chi connectivity index (χ1n) is 6.75. The zero-order chi connectivity index (χ0) is 13.0. The van der Waals surface area contributed by atoms with Gasteiger partial charge in [0.05, 0.1) is 0 Å². The van der Waals surface area contributed by atoms with Gasteiger partial charge in [-0.05, 0) is 0 Å². The number of hydrogen-bond donors (Lipinski definition) is 0. The third kappa shape index (κ3) is 3.46. The maximum atomic E-state index is 5.98. The van der Waals surface area contributed by atoms with Crippen molar-refractivity contribution >= 4 is 20.4 Å². The van der Waals surface area contributed by atoms with E-state index in [2.05, 4.69) is 28.0 Å². The second-order valence-electron chi connectivity index (χ2n) is 4.73. The average Bonchev–Trinajstić information content (AvgIpc) is 2.37. The van der Waals surface area contributed by atoms with Crippen LogP contribution in [0, 0.1) is 0 Å². The van der Waals surface area contributed by atoms with Crippen LogP contribution in [0.2, 0.25) is 0 Å². The molecule has 0 atom stereocenters. The zero-order valence-corrected chi connectivity index (χ0v) is 13.1. The number of nitrogens with zero attached hydrogens (tertiary/aromatic N) is 1. The van der Waals surface area contributed by atoms with Gasteiger partial charge in [-0.2, -0.15) is 0 Å². The molecule has 0 radical (unpaired) electrons. The van der Waals surface area contributed by atoms with Crippen molar-refractivity contribution in [3.63, 3.8) is 0 Å². The number of rotatable bonds is 2. The summed E-state index contributed by atoms with van der Waals surface area (Å²) in [5, 5.41) is 0. The summed E-state index contributed by atoms with van der Waals surface area (Å²) in [4.78, 5) is 4.39. The number of benzene rings is 1. The zero-order valence-electron chi connectivity index (χ0n) is 11.0. The van der Waals surface area contributed by atoms with Crippen LogP contribution in [0.25, 0.3) is 6.08 Å². The van der Waals surface area contributed by atoms with Crippen molar-refractivity contribution in [3.05, 3.63) is 40.8 Å². The van der Waals surface area contributed by atoms with Crippen molar-refractivity contribution in [2.75, 3.05) is 39.5 Å². The monoisotopic (exact) mass is 323 g/mol. The maximum absolute atomic E-state index is 5.98. The van der Waals surface area contributed by atoms with Crippen molar-refractivity contribution in [3.8, 4) is 0 Å². The van der Waals surface area contributed by atoms with Gasteiger partial charge in [-0.3, -0.25) is 0 Å². The molecule has 2 bridgehead atoms. The van der Waals surface area contributed by atoms with Gasteiger partial charge in [0.1, 0.15) is 0 Å². The van der Waals surface area contributed by atoms with Gasteiger partial charge < -0.3 is 0 Å². The molecule has 4 nitrogen and oxygen atoms in total. The summed E-state index contributed by atoms with van der Waals surface area (Å²) < 4.78 is 17.9. The molecule has 102 valence electrons. The van der Waals surface area contributed by atoms with E-state index >= 15 is 0 Å². The summed E-state index contributed by atoms with van der Waals surface area (Å²) in [6.45, 7) is 5.08. The molecule has 0 spiro atoms. The fraction of sp³-hybridized carbons (Fsp3) is 0.429. The summed E-state index contributed by atoms with van der Waals surface area (Å²) in [6.07, 6.45) is 2.07. The molecule has 0 amide bonds. The van der Waals surface area contributed by atoms with Crippen molar-refractivity contribution in [2.24, 2.45) is 0 Å². The normalized spacial score (nSPS) is 31.9. The third-order valence-electron chi connectivity index (χ3n) is 3.41. The summed E-state index contributed by atoms with van der Waals surface area (Å²) in [6, 6.07) is 10.2. The fourth-order valence-corrected chi connectivity index (χ4v) is 6.65. The van der Waals surface area contributed by atoms with Crippen LogP contribution in [-0.4, -0.2) is 58.6 Å². The molecule has 3 saturated heterocycles. The molecule has 1 aromatic rings. The predicted octanol–water partition coefficient (Wildman–Crippen LogP) is 1.56. The minimum atomic E-state index is -3.18. The van der Waals surface area contributed by atoms with E-state index in [0.29, 0.717) is 19.8 Å². The Morgan fingerprint density at radius 2 is 1.47 bits per heavy atom. The van der Waals surface area contributed by atoms with Gasteiger partial charge in [-0.15, -0.1) is 0 Å². The van der Waals surface area contributed by atoms with Crippen molar-refractivity contribution in [1.82, 2.24) is 4.90 Å². The second kappa shape index (κ2) is 6.20. The molecule has 19 heavy (non-hydrogen) atoms. The molecular formula is C14H19GeNO3. The van der Waals surface area contributed by atoms with E-state index in [1.54, 1.807) is 0 Å². The standard InChI is InChI=1S/C14H19GeNO3/c1-2-4-14(5-3-1)6-7-15-17-11-8-16(9-12-18-15)10-13-19-15/h1-7H,8-13H2/b7-6+. The topological polar surface area (TPSA) is 30.9 Å². The molecule has 0 N–H and O–H groups in total. The number of hydrogen-bond acceptors (Lipinski definition) is 4. The van der Waals surface area contributed by atoms with Crippen molar-refractivity contribution < 1.29 is 11.3 Å². The summed E-state index contributed by atoms with van der Waals surface area (Å²) in [7, 11) is 0. The fourth-order valence-electron chi connectivity index (χ4n) is 2.32. The third-order valence-corrected chi connectivity index (χ3v) is 8.44. The summed E-state index contributed by atoms with van der Waals surface area (Å²) >= 11 is -3.18.